The zero-order chi connectivity index (χ0) is 14.7. The highest BCUT2D eigenvalue weighted by atomic mass is 19.1. The molecule has 2 aliphatic rings. The molecule has 1 heterocycles. The Morgan fingerprint density at radius 2 is 2.29 bits per heavy atom. The third-order valence-electron chi connectivity index (χ3n) is 4.34. The molecule has 1 aromatic rings. The number of morpholine rings is 1. The number of nitrogens with zero attached hydrogens (tertiary/aromatic N) is 1. The molecule has 1 aliphatic heterocycles. The molecule has 21 heavy (non-hydrogen) atoms. The number of halogens is 1. The Labute approximate surface area is 124 Å². The fraction of sp³-hybridized carbons (Fsp3) is 0.529. The Morgan fingerprint density at radius 3 is 3.14 bits per heavy atom. The lowest BCUT2D eigenvalue weighted by atomic mass is 10.0. The number of aliphatic hydroxyl groups excluding tert-OH is 1. The van der Waals surface area contributed by atoms with Crippen LogP contribution in [0, 0.1) is 17.7 Å². The molecule has 2 fully saturated rings. The molecular weight excluding hydrogens is 269 g/mol. The molecule has 2 unspecified atom stereocenters. The molecule has 0 bridgehead atoms. The van der Waals surface area contributed by atoms with Gasteiger partial charge >= 0.3 is 0 Å². The zero-order valence-corrected chi connectivity index (χ0v) is 12.0. The first-order valence-electron chi connectivity index (χ1n) is 7.52. The summed E-state index contributed by atoms with van der Waals surface area (Å²) in [6.07, 6.45) is 3.88. The summed E-state index contributed by atoms with van der Waals surface area (Å²) in [5, 5.41) is 8.84. The Balaban J connectivity index is 1.80. The summed E-state index contributed by atoms with van der Waals surface area (Å²) < 4.78 is 19.2. The second-order valence-electron chi connectivity index (χ2n) is 5.64. The van der Waals surface area contributed by atoms with Crippen molar-refractivity contribution in [2.75, 3.05) is 19.8 Å². The Kier molecular flexibility index (Phi) is 4.54. The first kappa shape index (κ1) is 14.5. The van der Waals surface area contributed by atoms with Crippen molar-refractivity contribution in [3.63, 3.8) is 0 Å². The maximum atomic E-state index is 13.4. The van der Waals surface area contributed by atoms with Gasteiger partial charge in [0, 0.05) is 24.7 Å². The summed E-state index contributed by atoms with van der Waals surface area (Å²) in [6, 6.07) is 5.20. The minimum absolute atomic E-state index is 0.210. The molecule has 1 aliphatic carbocycles. The summed E-state index contributed by atoms with van der Waals surface area (Å²) in [5.41, 5.74) is 1.69. The van der Waals surface area contributed by atoms with E-state index < -0.39 is 0 Å². The van der Waals surface area contributed by atoms with Gasteiger partial charge in [0.05, 0.1) is 12.7 Å². The van der Waals surface area contributed by atoms with E-state index in [0.717, 1.165) is 31.7 Å². The lowest BCUT2D eigenvalue weighted by Gasteiger charge is -2.37. The molecule has 4 heteroatoms. The molecule has 1 saturated heterocycles. The van der Waals surface area contributed by atoms with Gasteiger partial charge in [-0.15, -0.1) is 0 Å². The smallest absolute Gasteiger partial charge is 0.124 e. The highest BCUT2D eigenvalue weighted by molar-refractivity contribution is 5.41. The van der Waals surface area contributed by atoms with Crippen molar-refractivity contribution in [1.29, 1.82) is 0 Å². The third kappa shape index (κ3) is 3.26. The van der Waals surface area contributed by atoms with Crippen molar-refractivity contribution in [2.45, 2.75) is 38.0 Å². The van der Waals surface area contributed by atoms with Gasteiger partial charge in [-0.05, 0) is 37.0 Å². The van der Waals surface area contributed by atoms with Gasteiger partial charge in [-0.1, -0.05) is 17.9 Å². The van der Waals surface area contributed by atoms with Crippen LogP contribution in [0.2, 0.25) is 0 Å². The van der Waals surface area contributed by atoms with Crippen LogP contribution in [-0.4, -0.2) is 41.9 Å². The van der Waals surface area contributed by atoms with E-state index in [1.165, 1.54) is 25.0 Å². The molecule has 0 spiro atoms. The first-order chi connectivity index (χ1) is 10.3. The third-order valence-corrected chi connectivity index (χ3v) is 4.34. The second kappa shape index (κ2) is 6.57. The number of ether oxygens (including phenoxy) is 1. The fourth-order valence-corrected chi connectivity index (χ4v) is 3.36. The minimum Gasteiger partial charge on any atom is -0.384 e. The summed E-state index contributed by atoms with van der Waals surface area (Å²) in [6.45, 7) is 2.23. The van der Waals surface area contributed by atoms with E-state index in [1.54, 1.807) is 6.07 Å². The Hall–Kier alpha value is -1.41. The molecule has 3 rings (SSSR count). The van der Waals surface area contributed by atoms with Crippen molar-refractivity contribution in [3.05, 3.63) is 35.1 Å². The molecule has 1 saturated carbocycles. The van der Waals surface area contributed by atoms with Gasteiger partial charge in [0.1, 0.15) is 12.4 Å². The van der Waals surface area contributed by atoms with Crippen LogP contribution < -0.4 is 0 Å². The standard InChI is InChI=1S/C17H20FNO2/c18-15-7-6-14(13(11-15)3-2-9-20)12-19-8-10-21-17-5-1-4-16(17)19/h6-7,11,16-17,20H,1,4-5,8-10,12H2. The maximum Gasteiger partial charge on any atom is 0.124 e. The largest absolute Gasteiger partial charge is 0.384 e. The van der Waals surface area contributed by atoms with E-state index in [9.17, 15) is 4.39 Å². The van der Waals surface area contributed by atoms with Gasteiger partial charge in [-0.3, -0.25) is 4.90 Å². The molecule has 1 aromatic carbocycles. The fourth-order valence-electron chi connectivity index (χ4n) is 3.36. The van der Waals surface area contributed by atoms with Gasteiger partial charge < -0.3 is 9.84 Å². The molecule has 0 radical (unpaired) electrons. The number of fused-ring (bicyclic) bond motifs is 1. The van der Waals surface area contributed by atoms with E-state index in [0.29, 0.717) is 17.7 Å². The maximum absolute atomic E-state index is 13.4. The zero-order valence-electron chi connectivity index (χ0n) is 12.0. The van der Waals surface area contributed by atoms with Crippen LogP contribution in [0.1, 0.15) is 30.4 Å². The highest BCUT2D eigenvalue weighted by Gasteiger charge is 2.35. The quantitative estimate of drug-likeness (QED) is 0.844. The van der Waals surface area contributed by atoms with Crippen LogP contribution in [-0.2, 0) is 11.3 Å². The molecule has 1 N–H and O–H groups in total. The average Bonchev–Trinajstić information content (AvgIpc) is 2.97. The van der Waals surface area contributed by atoms with Gasteiger partial charge in [-0.2, -0.15) is 0 Å². The summed E-state index contributed by atoms with van der Waals surface area (Å²) >= 11 is 0. The number of hydrogen-bond donors (Lipinski definition) is 1. The van der Waals surface area contributed by atoms with Gasteiger partial charge in [0.15, 0.2) is 0 Å². The number of aliphatic hydroxyl groups is 1. The second-order valence-corrected chi connectivity index (χ2v) is 5.64. The first-order valence-corrected chi connectivity index (χ1v) is 7.52. The predicted octanol–water partition coefficient (Wildman–Crippen LogP) is 1.92. The van der Waals surface area contributed by atoms with Crippen molar-refractivity contribution < 1.29 is 14.2 Å². The molecule has 0 amide bonds. The van der Waals surface area contributed by atoms with E-state index in [2.05, 4.69) is 16.7 Å². The predicted molar refractivity (Wildman–Crippen MR) is 78.2 cm³/mol. The van der Waals surface area contributed by atoms with Crippen LogP contribution in [0.5, 0.6) is 0 Å². The minimum atomic E-state index is -0.290. The molecule has 112 valence electrons. The Bertz CT molecular complexity index is 564. The van der Waals surface area contributed by atoms with Gasteiger partial charge in [0.2, 0.25) is 0 Å². The molecular formula is C17H20FNO2. The highest BCUT2D eigenvalue weighted by Crippen LogP contribution is 2.31. The summed E-state index contributed by atoms with van der Waals surface area (Å²) in [7, 11) is 0. The van der Waals surface area contributed by atoms with Crippen LogP contribution in [0.15, 0.2) is 18.2 Å². The van der Waals surface area contributed by atoms with Gasteiger partial charge in [-0.25, -0.2) is 4.39 Å². The lowest BCUT2D eigenvalue weighted by Crippen LogP contribution is -2.47. The molecule has 2 atom stereocenters. The number of hydrogen-bond acceptors (Lipinski definition) is 3. The van der Waals surface area contributed by atoms with Crippen molar-refractivity contribution in [3.8, 4) is 11.8 Å². The summed E-state index contributed by atoms with van der Waals surface area (Å²) in [4.78, 5) is 2.43. The van der Waals surface area contributed by atoms with Crippen molar-refractivity contribution in [1.82, 2.24) is 4.90 Å². The van der Waals surface area contributed by atoms with Crippen LogP contribution >= 0.6 is 0 Å². The Morgan fingerprint density at radius 1 is 1.38 bits per heavy atom. The van der Waals surface area contributed by atoms with Crippen LogP contribution in [0.4, 0.5) is 4.39 Å². The van der Waals surface area contributed by atoms with Crippen LogP contribution in [0.25, 0.3) is 0 Å². The number of benzene rings is 1. The monoisotopic (exact) mass is 289 g/mol. The van der Waals surface area contributed by atoms with Crippen molar-refractivity contribution in [2.24, 2.45) is 0 Å². The van der Waals surface area contributed by atoms with Crippen LogP contribution in [0.3, 0.4) is 0 Å². The van der Waals surface area contributed by atoms with E-state index in [4.69, 9.17) is 9.84 Å². The molecule has 3 nitrogen and oxygen atoms in total. The lowest BCUT2D eigenvalue weighted by molar-refractivity contribution is -0.0588. The van der Waals surface area contributed by atoms with E-state index in [-0.39, 0.29) is 12.4 Å². The average molecular weight is 289 g/mol. The normalized spacial score (nSPS) is 25.2. The van der Waals surface area contributed by atoms with E-state index in [1.807, 2.05) is 0 Å². The van der Waals surface area contributed by atoms with Gasteiger partial charge in [0.25, 0.3) is 0 Å². The number of rotatable bonds is 2. The topological polar surface area (TPSA) is 32.7 Å². The SMILES string of the molecule is OCC#Cc1cc(F)ccc1CN1CCOC2CCCC21. The molecule has 0 aromatic heterocycles. The van der Waals surface area contributed by atoms with Crippen molar-refractivity contribution >= 4 is 0 Å². The summed E-state index contributed by atoms with van der Waals surface area (Å²) in [5.74, 6) is 5.18. The van der Waals surface area contributed by atoms with E-state index >= 15 is 0 Å².